The molecule has 0 amide bonds. The molecule has 2 N–H and O–H groups in total. The van der Waals surface area contributed by atoms with Crippen molar-refractivity contribution in [3.05, 3.63) is 29.3 Å². The summed E-state index contributed by atoms with van der Waals surface area (Å²) >= 11 is 0. The van der Waals surface area contributed by atoms with Crippen molar-refractivity contribution in [2.24, 2.45) is 5.16 Å². The van der Waals surface area contributed by atoms with E-state index in [1.54, 1.807) is 0 Å². The molecule has 0 saturated heterocycles. The van der Waals surface area contributed by atoms with Gasteiger partial charge in [-0.2, -0.15) is 0 Å². The van der Waals surface area contributed by atoms with E-state index in [0.717, 1.165) is 36.1 Å². The summed E-state index contributed by atoms with van der Waals surface area (Å²) in [5, 5.41) is 22.0. The van der Waals surface area contributed by atoms with E-state index in [2.05, 4.69) is 5.16 Å². The lowest BCUT2D eigenvalue weighted by Gasteiger charge is -2.21. The molecule has 104 valence electrons. The van der Waals surface area contributed by atoms with E-state index in [1.807, 2.05) is 18.2 Å². The van der Waals surface area contributed by atoms with Crippen molar-refractivity contribution in [2.75, 3.05) is 20.3 Å². The highest BCUT2D eigenvalue weighted by Crippen LogP contribution is 2.30. The molecule has 0 bridgehead atoms. The second kappa shape index (κ2) is 6.54. The fraction of sp³-hybridized carbons (Fsp3) is 0.500. The van der Waals surface area contributed by atoms with Gasteiger partial charge in [0.2, 0.25) is 0 Å². The zero-order valence-electron chi connectivity index (χ0n) is 11.0. The zero-order valence-corrected chi connectivity index (χ0v) is 11.0. The molecule has 1 aromatic rings. The third kappa shape index (κ3) is 3.24. The minimum absolute atomic E-state index is 0.190. The van der Waals surface area contributed by atoms with E-state index >= 15 is 0 Å². The van der Waals surface area contributed by atoms with Crippen LogP contribution in [0.5, 0.6) is 5.75 Å². The Balaban J connectivity index is 2.14. The Morgan fingerprint density at radius 1 is 1.32 bits per heavy atom. The van der Waals surface area contributed by atoms with Gasteiger partial charge in [0.15, 0.2) is 0 Å². The van der Waals surface area contributed by atoms with E-state index in [-0.39, 0.29) is 13.2 Å². The topological polar surface area (TPSA) is 71.3 Å². The van der Waals surface area contributed by atoms with Crippen LogP contribution in [0.2, 0.25) is 0 Å². The molecule has 5 heteroatoms. The van der Waals surface area contributed by atoms with Gasteiger partial charge < -0.3 is 19.8 Å². The molecular formula is C14H19NO4. The Kier molecular flexibility index (Phi) is 4.76. The molecule has 2 rings (SSSR count). The molecule has 1 aliphatic rings. The van der Waals surface area contributed by atoms with Crippen LogP contribution >= 0.6 is 0 Å². The SMILES string of the molecule is COCC(O)COc1cccc2c1CCCC2=NO. The normalized spacial score (nSPS) is 18.1. The van der Waals surface area contributed by atoms with E-state index in [0.29, 0.717) is 5.71 Å². The number of oxime groups is 1. The second-order valence-corrected chi connectivity index (χ2v) is 4.60. The summed E-state index contributed by atoms with van der Waals surface area (Å²) < 4.78 is 10.5. The van der Waals surface area contributed by atoms with Crippen LogP contribution in [0.1, 0.15) is 24.0 Å². The summed E-state index contributed by atoms with van der Waals surface area (Å²) in [5.41, 5.74) is 2.68. The smallest absolute Gasteiger partial charge is 0.123 e. The van der Waals surface area contributed by atoms with Crippen LogP contribution in [0.15, 0.2) is 23.4 Å². The number of nitrogens with zero attached hydrogens (tertiary/aromatic N) is 1. The van der Waals surface area contributed by atoms with Crippen LogP contribution in [0, 0.1) is 0 Å². The molecule has 0 spiro atoms. The fourth-order valence-electron chi connectivity index (χ4n) is 2.33. The molecule has 1 unspecified atom stereocenters. The van der Waals surface area contributed by atoms with Crippen molar-refractivity contribution in [1.29, 1.82) is 0 Å². The van der Waals surface area contributed by atoms with E-state index < -0.39 is 6.10 Å². The maximum atomic E-state index is 9.60. The Hall–Kier alpha value is -1.59. The number of rotatable bonds is 5. The van der Waals surface area contributed by atoms with Crippen molar-refractivity contribution in [3.63, 3.8) is 0 Å². The minimum atomic E-state index is -0.643. The number of fused-ring (bicyclic) bond motifs is 1. The summed E-state index contributed by atoms with van der Waals surface area (Å²) in [6, 6.07) is 5.67. The summed E-state index contributed by atoms with van der Waals surface area (Å²) in [4.78, 5) is 0. The Bertz CT molecular complexity index is 459. The third-order valence-corrected chi connectivity index (χ3v) is 3.20. The van der Waals surface area contributed by atoms with Gasteiger partial charge in [0.05, 0.1) is 12.3 Å². The quantitative estimate of drug-likeness (QED) is 0.626. The van der Waals surface area contributed by atoms with Crippen LogP contribution in [0.25, 0.3) is 0 Å². The third-order valence-electron chi connectivity index (χ3n) is 3.20. The molecular weight excluding hydrogens is 246 g/mol. The molecule has 0 heterocycles. The Morgan fingerprint density at radius 3 is 2.89 bits per heavy atom. The average molecular weight is 265 g/mol. The van der Waals surface area contributed by atoms with Crippen LogP contribution in [-0.2, 0) is 11.2 Å². The van der Waals surface area contributed by atoms with Gasteiger partial charge in [0.1, 0.15) is 18.5 Å². The van der Waals surface area contributed by atoms with Gasteiger partial charge in [0.25, 0.3) is 0 Å². The largest absolute Gasteiger partial charge is 0.490 e. The van der Waals surface area contributed by atoms with Gasteiger partial charge in [-0.15, -0.1) is 0 Å². The average Bonchev–Trinajstić information content (AvgIpc) is 2.44. The molecule has 0 fully saturated rings. The highest BCUT2D eigenvalue weighted by Gasteiger charge is 2.19. The summed E-state index contributed by atoms with van der Waals surface area (Å²) in [6.07, 6.45) is 1.97. The van der Waals surface area contributed by atoms with Crippen LogP contribution in [0.4, 0.5) is 0 Å². The van der Waals surface area contributed by atoms with Gasteiger partial charge >= 0.3 is 0 Å². The van der Waals surface area contributed by atoms with Crippen LogP contribution in [-0.4, -0.2) is 42.5 Å². The van der Waals surface area contributed by atoms with E-state index in [1.165, 1.54) is 7.11 Å². The first kappa shape index (κ1) is 13.8. The highest BCUT2D eigenvalue weighted by molar-refractivity contribution is 6.02. The highest BCUT2D eigenvalue weighted by atomic mass is 16.5. The van der Waals surface area contributed by atoms with Crippen molar-refractivity contribution in [3.8, 4) is 5.75 Å². The molecule has 5 nitrogen and oxygen atoms in total. The summed E-state index contributed by atoms with van der Waals surface area (Å²) in [7, 11) is 1.54. The maximum absolute atomic E-state index is 9.60. The predicted molar refractivity (Wildman–Crippen MR) is 71.1 cm³/mol. The van der Waals surface area contributed by atoms with E-state index in [4.69, 9.17) is 14.7 Å². The lowest BCUT2D eigenvalue weighted by atomic mass is 9.89. The Labute approximate surface area is 112 Å². The zero-order chi connectivity index (χ0) is 13.7. The minimum Gasteiger partial charge on any atom is -0.490 e. The van der Waals surface area contributed by atoms with Crippen LogP contribution in [0.3, 0.4) is 0 Å². The molecule has 0 aliphatic heterocycles. The van der Waals surface area contributed by atoms with Gasteiger partial charge in [0, 0.05) is 18.2 Å². The molecule has 1 atom stereocenters. The summed E-state index contributed by atoms with van der Waals surface area (Å²) in [6.45, 7) is 0.439. The number of aliphatic hydroxyl groups excluding tert-OH is 1. The van der Waals surface area contributed by atoms with Crippen molar-refractivity contribution in [2.45, 2.75) is 25.4 Å². The monoisotopic (exact) mass is 265 g/mol. The molecule has 1 aliphatic carbocycles. The van der Waals surface area contributed by atoms with Gasteiger partial charge in [-0.3, -0.25) is 0 Å². The fourth-order valence-corrected chi connectivity index (χ4v) is 2.33. The predicted octanol–water partition coefficient (Wildman–Crippen LogP) is 1.59. The summed E-state index contributed by atoms with van der Waals surface area (Å²) in [5.74, 6) is 0.744. The van der Waals surface area contributed by atoms with E-state index in [9.17, 15) is 5.11 Å². The molecule has 1 aromatic carbocycles. The number of methoxy groups -OCH3 is 1. The number of hydrogen-bond acceptors (Lipinski definition) is 5. The lowest BCUT2D eigenvalue weighted by molar-refractivity contribution is 0.0323. The van der Waals surface area contributed by atoms with Crippen LogP contribution < -0.4 is 4.74 Å². The number of benzene rings is 1. The van der Waals surface area contributed by atoms with Gasteiger partial charge in [-0.25, -0.2) is 0 Å². The molecule has 0 saturated carbocycles. The first-order valence-electron chi connectivity index (χ1n) is 6.39. The maximum Gasteiger partial charge on any atom is 0.123 e. The molecule has 0 radical (unpaired) electrons. The van der Waals surface area contributed by atoms with Crippen molar-refractivity contribution in [1.82, 2.24) is 0 Å². The van der Waals surface area contributed by atoms with Gasteiger partial charge in [-0.1, -0.05) is 17.3 Å². The number of hydrogen-bond donors (Lipinski definition) is 2. The molecule has 19 heavy (non-hydrogen) atoms. The lowest BCUT2D eigenvalue weighted by Crippen LogP contribution is -2.23. The second-order valence-electron chi connectivity index (χ2n) is 4.60. The first-order valence-corrected chi connectivity index (χ1v) is 6.39. The standard InChI is InChI=1S/C14H19NO4/c1-18-8-10(16)9-19-14-7-3-4-11-12(14)5-2-6-13(11)15-17/h3-4,7,10,16-17H,2,5-6,8-9H2,1H3. The van der Waals surface area contributed by atoms with Gasteiger partial charge in [-0.05, 0) is 25.3 Å². The first-order chi connectivity index (χ1) is 9.26. The van der Waals surface area contributed by atoms with Crippen molar-refractivity contribution < 1.29 is 19.8 Å². The number of ether oxygens (including phenoxy) is 2. The molecule has 0 aromatic heterocycles. The van der Waals surface area contributed by atoms with Crippen molar-refractivity contribution >= 4 is 5.71 Å². The Morgan fingerprint density at radius 2 is 2.16 bits per heavy atom. The number of aliphatic hydroxyl groups is 1.